The van der Waals surface area contributed by atoms with E-state index in [1.807, 2.05) is 18.2 Å². The number of fused-ring (bicyclic) bond motifs is 3. The number of Topliss-reactive ketones (excluding diaryl/α,β-unsaturated/α-hetero) is 1. The van der Waals surface area contributed by atoms with Gasteiger partial charge >= 0.3 is 5.69 Å². The third-order valence-electron chi connectivity index (χ3n) is 6.90. The average Bonchev–Trinajstić information content (AvgIpc) is 3.21. The van der Waals surface area contributed by atoms with Gasteiger partial charge in [0.15, 0.2) is 11.4 Å². The summed E-state index contributed by atoms with van der Waals surface area (Å²) in [6.07, 6.45) is 7.34. The van der Waals surface area contributed by atoms with Gasteiger partial charge in [0.05, 0.1) is 5.56 Å². The Labute approximate surface area is 180 Å². The van der Waals surface area contributed by atoms with Crippen LogP contribution in [0.3, 0.4) is 0 Å². The highest BCUT2D eigenvalue weighted by Crippen LogP contribution is 2.40. The Bertz CT molecular complexity index is 1140. The van der Waals surface area contributed by atoms with Gasteiger partial charge in [0.25, 0.3) is 0 Å². The summed E-state index contributed by atoms with van der Waals surface area (Å²) >= 11 is 0. The van der Waals surface area contributed by atoms with E-state index in [0.717, 1.165) is 38.6 Å². The van der Waals surface area contributed by atoms with Crippen LogP contribution in [0.5, 0.6) is 0 Å². The van der Waals surface area contributed by atoms with E-state index < -0.39 is 5.82 Å². The van der Waals surface area contributed by atoms with Crippen LogP contribution in [-0.4, -0.2) is 43.5 Å². The highest BCUT2D eigenvalue weighted by Gasteiger charge is 2.40. The van der Waals surface area contributed by atoms with E-state index in [1.54, 1.807) is 33.5 Å². The number of halogens is 1. The smallest absolute Gasteiger partial charge is 0.297 e. The molecule has 5 rings (SSSR count). The van der Waals surface area contributed by atoms with Gasteiger partial charge in [0.1, 0.15) is 5.82 Å². The van der Waals surface area contributed by atoms with Crippen LogP contribution in [-0.2, 0) is 6.54 Å². The predicted octanol–water partition coefficient (Wildman–Crippen LogP) is 3.54. The molecule has 2 aliphatic heterocycles. The SMILES string of the molecule is O=C(CC1CC2CCC(C1)N2CCCn1nc2ccccn2c1=O)c1ccccc1F. The molecule has 4 heterocycles. The van der Waals surface area contributed by atoms with Crippen LogP contribution in [0.15, 0.2) is 53.5 Å². The summed E-state index contributed by atoms with van der Waals surface area (Å²) in [5.74, 6) is -0.181. The van der Waals surface area contributed by atoms with Crippen molar-refractivity contribution in [3.8, 4) is 0 Å². The number of hydrogen-bond acceptors (Lipinski definition) is 4. The van der Waals surface area contributed by atoms with Crippen LogP contribution in [0, 0.1) is 11.7 Å². The van der Waals surface area contributed by atoms with Crippen LogP contribution in [0.4, 0.5) is 4.39 Å². The Kier molecular flexibility index (Phi) is 5.44. The first kappa shape index (κ1) is 20.1. The zero-order chi connectivity index (χ0) is 21.4. The maximum absolute atomic E-state index is 13.9. The Hall–Kier alpha value is -2.80. The largest absolute Gasteiger partial charge is 0.350 e. The third kappa shape index (κ3) is 3.94. The van der Waals surface area contributed by atoms with Crippen molar-refractivity contribution in [1.82, 2.24) is 19.1 Å². The summed E-state index contributed by atoms with van der Waals surface area (Å²) in [4.78, 5) is 27.6. The van der Waals surface area contributed by atoms with E-state index in [4.69, 9.17) is 0 Å². The molecule has 0 spiro atoms. The van der Waals surface area contributed by atoms with Gasteiger partial charge in [0.2, 0.25) is 0 Å². The summed E-state index contributed by atoms with van der Waals surface area (Å²) in [5.41, 5.74) is 0.798. The van der Waals surface area contributed by atoms with Crippen LogP contribution in [0.25, 0.3) is 5.65 Å². The molecule has 31 heavy (non-hydrogen) atoms. The standard InChI is InChI=1S/C24H27FN4O2/c25-21-7-2-1-6-20(21)22(30)16-17-14-18-9-10-19(15-17)27(18)12-5-13-29-24(31)28-11-4-3-8-23(28)26-29/h1-4,6-8,11,17-19H,5,9-10,12-16H2. The van der Waals surface area contributed by atoms with Gasteiger partial charge in [-0.05, 0) is 62.3 Å². The van der Waals surface area contributed by atoms with E-state index in [-0.39, 0.29) is 17.0 Å². The predicted molar refractivity (Wildman–Crippen MR) is 116 cm³/mol. The van der Waals surface area contributed by atoms with Crippen molar-refractivity contribution >= 4 is 11.4 Å². The second-order valence-corrected chi connectivity index (χ2v) is 8.86. The molecule has 2 saturated heterocycles. The number of carbonyl (C=O) groups is 1. The van der Waals surface area contributed by atoms with Crippen LogP contribution in [0.1, 0.15) is 48.9 Å². The lowest BCUT2D eigenvalue weighted by atomic mass is 9.85. The molecular weight excluding hydrogens is 395 g/mol. The summed E-state index contributed by atoms with van der Waals surface area (Å²) in [6, 6.07) is 12.8. The molecule has 0 radical (unpaired) electrons. The van der Waals surface area contributed by atoms with Crippen molar-refractivity contribution in [3.63, 3.8) is 0 Å². The molecule has 1 aromatic carbocycles. The molecule has 0 saturated carbocycles. The van der Waals surface area contributed by atoms with Gasteiger partial charge in [-0.25, -0.2) is 13.9 Å². The molecule has 2 unspecified atom stereocenters. The van der Waals surface area contributed by atoms with Crippen molar-refractivity contribution in [1.29, 1.82) is 0 Å². The number of hydrogen-bond donors (Lipinski definition) is 0. The zero-order valence-electron chi connectivity index (χ0n) is 17.5. The van der Waals surface area contributed by atoms with Gasteiger partial charge in [-0.3, -0.25) is 14.1 Å². The fraction of sp³-hybridized carbons (Fsp3) is 0.458. The van der Waals surface area contributed by atoms with E-state index in [0.29, 0.717) is 36.6 Å². The lowest BCUT2D eigenvalue weighted by molar-refractivity contribution is 0.0802. The first-order valence-electron chi connectivity index (χ1n) is 11.2. The number of aryl methyl sites for hydroxylation is 1. The van der Waals surface area contributed by atoms with Crippen molar-refractivity contribution < 1.29 is 9.18 Å². The number of nitrogens with zero attached hydrogens (tertiary/aromatic N) is 4. The van der Waals surface area contributed by atoms with Crippen molar-refractivity contribution in [3.05, 3.63) is 70.5 Å². The van der Waals surface area contributed by atoms with Crippen molar-refractivity contribution in [2.24, 2.45) is 5.92 Å². The van der Waals surface area contributed by atoms with Crippen molar-refractivity contribution in [2.75, 3.05) is 6.54 Å². The fourth-order valence-corrected chi connectivity index (χ4v) is 5.49. The molecule has 3 aromatic rings. The molecule has 7 heteroatoms. The fourth-order valence-electron chi connectivity index (χ4n) is 5.49. The summed E-state index contributed by atoms with van der Waals surface area (Å²) < 4.78 is 17.1. The molecule has 0 amide bonds. The number of piperidine rings is 1. The number of ketones is 1. The number of benzene rings is 1. The Morgan fingerprint density at radius 1 is 1.03 bits per heavy atom. The number of rotatable bonds is 7. The highest BCUT2D eigenvalue weighted by atomic mass is 19.1. The Balaban J connectivity index is 1.17. The van der Waals surface area contributed by atoms with E-state index in [9.17, 15) is 14.0 Å². The van der Waals surface area contributed by atoms with Crippen LogP contribution < -0.4 is 5.69 Å². The topological polar surface area (TPSA) is 59.6 Å². The lowest BCUT2D eigenvalue weighted by Gasteiger charge is -2.39. The molecule has 162 valence electrons. The number of pyridine rings is 1. The maximum atomic E-state index is 13.9. The van der Waals surface area contributed by atoms with Crippen LogP contribution in [0.2, 0.25) is 0 Å². The van der Waals surface area contributed by atoms with Gasteiger partial charge in [0, 0.05) is 37.8 Å². The number of aromatic nitrogens is 3. The van der Waals surface area contributed by atoms with Gasteiger partial charge in [-0.15, -0.1) is 5.10 Å². The minimum Gasteiger partial charge on any atom is -0.297 e. The average molecular weight is 423 g/mol. The first-order valence-corrected chi connectivity index (χ1v) is 11.2. The second-order valence-electron chi connectivity index (χ2n) is 8.86. The van der Waals surface area contributed by atoms with Crippen molar-refractivity contribution in [2.45, 2.75) is 57.2 Å². The minimum atomic E-state index is -0.421. The normalized spacial score (nSPS) is 23.5. The lowest BCUT2D eigenvalue weighted by Crippen LogP contribution is -2.44. The van der Waals surface area contributed by atoms with Crippen LogP contribution >= 0.6 is 0 Å². The second kappa shape index (κ2) is 8.38. The molecule has 2 aromatic heterocycles. The molecule has 2 fully saturated rings. The number of carbonyl (C=O) groups excluding carboxylic acids is 1. The van der Waals surface area contributed by atoms with Gasteiger partial charge in [-0.1, -0.05) is 18.2 Å². The summed E-state index contributed by atoms with van der Waals surface area (Å²) in [5, 5.41) is 4.41. The molecule has 2 aliphatic rings. The minimum absolute atomic E-state index is 0.0813. The molecule has 2 atom stereocenters. The monoisotopic (exact) mass is 422 g/mol. The zero-order valence-corrected chi connectivity index (χ0v) is 17.5. The van der Waals surface area contributed by atoms with Gasteiger partial charge < -0.3 is 0 Å². The molecule has 6 nitrogen and oxygen atoms in total. The van der Waals surface area contributed by atoms with Gasteiger partial charge in [-0.2, -0.15) is 0 Å². The Morgan fingerprint density at radius 3 is 2.52 bits per heavy atom. The third-order valence-corrected chi connectivity index (χ3v) is 6.90. The first-order chi connectivity index (χ1) is 15.1. The molecular formula is C24H27FN4O2. The molecule has 2 bridgehead atoms. The Morgan fingerprint density at radius 2 is 1.77 bits per heavy atom. The summed E-state index contributed by atoms with van der Waals surface area (Å²) in [6.45, 7) is 1.54. The molecule has 0 aliphatic carbocycles. The van der Waals surface area contributed by atoms with E-state index in [1.165, 1.54) is 6.07 Å². The quantitative estimate of drug-likeness (QED) is 0.547. The highest BCUT2D eigenvalue weighted by molar-refractivity contribution is 5.96. The van der Waals surface area contributed by atoms with E-state index >= 15 is 0 Å². The maximum Gasteiger partial charge on any atom is 0.350 e. The summed E-state index contributed by atoms with van der Waals surface area (Å²) in [7, 11) is 0. The van der Waals surface area contributed by atoms with E-state index in [2.05, 4.69) is 10.00 Å². The molecule has 0 N–H and O–H groups in total.